The van der Waals surface area contributed by atoms with Crippen molar-refractivity contribution >= 4 is 38.9 Å². The van der Waals surface area contributed by atoms with Crippen molar-refractivity contribution in [3.63, 3.8) is 0 Å². The molecule has 0 fully saturated rings. The Morgan fingerprint density at radius 1 is 0.380 bits per heavy atom. The van der Waals surface area contributed by atoms with Crippen LogP contribution in [0.5, 0.6) is 0 Å². The molecular formula is C48H34N2. The highest BCUT2D eigenvalue weighted by atomic mass is 15.2. The zero-order valence-electron chi connectivity index (χ0n) is 34.9. The van der Waals surface area contributed by atoms with Crippen LogP contribution >= 0.6 is 0 Å². The van der Waals surface area contributed by atoms with Crippen molar-refractivity contribution in [2.24, 2.45) is 0 Å². The first-order chi connectivity index (χ1) is 28.1. The Labute approximate surface area is 304 Å². The van der Waals surface area contributed by atoms with E-state index in [2.05, 4.69) is 53.4 Å². The SMILES string of the molecule is [2H]c1c([2H])c([2H])c2c(c1[2H])c1c([2H])c([2H])c([2H])c([2H])c1n2-c1cc(-c2ccccc2)ccc1N(c1ccc(-c2ccccc2)cc1)c1ccc(-c2ccccc2)cc1. The van der Waals surface area contributed by atoms with E-state index in [4.69, 9.17) is 8.22 Å². The van der Waals surface area contributed by atoms with Crippen molar-refractivity contribution in [2.75, 3.05) is 4.90 Å². The van der Waals surface area contributed by atoms with E-state index in [1.165, 1.54) is 0 Å². The number of hydrogen-bond acceptors (Lipinski definition) is 1. The van der Waals surface area contributed by atoms with Crippen LogP contribution in [0.2, 0.25) is 0 Å². The van der Waals surface area contributed by atoms with Crippen LogP contribution in [0.15, 0.2) is 206 Å². The Kier molecular flexibility index (Phi) is 5.63. The number of fused-ring (bicyclic) bond motifs is 3. The minimum Gasteiger partial charge on any atom is -0.308 e. The fourth-order valence-electron chi connectivity index (χ4n) is 6.66. The number of rotatable bonds is 7. The molecule has 9 rings (SSSR count). The minimum absolute atomic E-state index is 0.0232. The average Bonchev–Trinajstić information content (AvgIpc) is 3.64. The maximum Gasteiger partial charge on any atom is 0.0709 e. The van der Waals surface area contributed by atoms with E-state index in [9.17, 15) is 2.74 Å². The van der Waals surface area contributed by atoms with Crippen LogP contribution in [-0.4, -0.2) is 4.57 Å². The summed E-state index contributed by atoms with van der Waals surface area (Å²) in [4.78, 5) is 2.07. The molecule has 0 unspecified atom stereocenters. The molecule has 0 N–H and O–H groups in total. The van der Waals surface area contributed by atoms with Gasteiger partial charge >= 0.3 is 0 Å². The van der Waals surface area contributed by atoms with Gasteiger partial charge in [-0.1, -0.05) is 158 Å². The quantitative estimate of drug-likeness (QED) is 0.167. The number of aromatic nitrogens is 1. The molecule has 0 radical (unpaired) electrons. The van der Waals surface area contributed by atoms with Crippen LogP contribution < -0.4 is 4.90 Å². The van der Waals surface area contributed by atoms with Crippen molar-refractivity contribution in [3.05, 3.63) is 206 Å². The van der Waals surface area contributed by atoms with Gasteiger partial charge in [-0.25, -0.2) is 0 Å². The predicted molar refractivity (Wildman–Crippen MR) is 212 cm³/mol. The van der Waals surface area contributed by atoms with Gasteiger partial charge in [0, 0.05) is 22.1 Å². The summed E-state index contributed by atoms with van der Waals surface area (Å²) >= 11 is 0. The fraction of sp³-hybridized carbons (Fsp3) is 0. The molecule has 9 aromatic rings. The molecule has 0 amide bonds. The highest BCUT2D eigenvalue weighted by Gasteiger charge is 2.21. The Hall–Kier alpha value is -6.64. The van der Waals surface area contributed by atoms with Crippen LogP contribution in [0.4, 0.5) is 17.1 Å². The van der Waals surface area contributed by atoms with Crippen LogP contribution in [0, 0.1) is 0 Å². The molecule has 236 valence electrons. The van der Waals surface area contributed by atoms with Gasteiger partial charge in [0.15, 0.2) is 0 Å². The fourth-order valence-corrected chi connectivity index (χ4v) is 6.66. The van der Waals surface area contributed by atoms with Crippen molar-refractivity contribution < 1.29 is 11.0 Å². The second kappa shape index (κ2) is 12.8. The Morgan fingerprint density at radius 3 is 1.22 bits per heavy atom. The molecule has 8 aromatic carbocycles. The lowest BCUT2D eigenvalue weighted by molar-refractivity contribution is 1.15. The first kappa shape index (κ1) is 22.1. The van der Waals surface area contributed by atoms with Gasteiger partial charge in [-0.05, 0) is 81.9 Å². The molecule has 1 heterocycles. The molecule has 0 spiro atoms. The number of benzene rings is 8. The second-order valence-electron chi connectivity index (χ2n) is 12.0. The minimum atomic E-state index is -0.485. The van der Waals surface area contributed by atoms with E-state index in [-0.39, 0.29) is 46.0 Å². The van der Waals surface area contributed by atoms with Gasteiger partial charge in [-0.3, -0.25) is 0 Å². The smallest absolute Gasteiger partial charge is 0.0709 e. The summed E-state index contributed by atoms with van der Waals surface area (Å²) in [6.07, 6.45) is 0. The lowest BCUT2D eigenvalue weighted by atomic mass is 10.0. The van der Waals surface area contributed by atoms with Crippen molar-refractivity contribution in [3.8, 4) is 39.1 Å². The molecule has 1 aromatic heterocycles. The Morgan fingerprint density at radius 2 is 0.760 bits per heavy atom. The number of nitrogens with zero attached hydrogens (tertiary/aromatic N) is 2. The zero-order chi connectivity index (χ0) is 40.2. The zero-order valence-corrected chi connectivity index (χ0v) is 26.9. The molecular weight excluding hydrogens is 605 g/mol. The standard InChI is InChI=1S/C48H34N2/c1-4-14-35(15-5-1)38-24-29-41(30-25-38)49(42-31-26-39(27-32-42)36-16-6-2-7-17-36)47-33-28-40(37-18-8-3-9-19-37)34-48(47)50-45-22-12-10-20-43(45)44-21-11-13-23-46(44)50/h1-34H/i10D,11D,12D,13D,20D,21D,22D,23D. The number of para-hydroxylation sites is 2. The lowest BCUT2D eigenvalue weighted by Crippen LogP contribution is -2.13. The van der Waals surface area contributed by atoms with E-state index < -0.39 is 24.2 Å². The summed E-state index contributed by atoms with van der Waals surface area (Å²) in [6, 6.07) is 48.8. The van der Waals surface area contributed by atoms with Crippen LogP contribution in [0.25, 0.3) is 60.9 Å². The molecule has 0 bridgehead atoms. The van der Waals surface area contributed by atoms with Crippen LogP contribution in [0.1, 0.15) is 11.0 Å². The van der Waals surface area contributed by atoms with E-state index in [1.54, 1.807) is 4.57 Å². The predicted octanol–water partition coefficient (Wildman–Crippen LogP) is 13.3. The Bertz CT molecular complexity index is 2840. The molecule has 0 aliphatic rings. The third-order valence-corrected chi connectivity index (χ3v) is 9.06. The summed E-state index contributed by atoms with van der Waals surface area (Å²) < 4.78 is 73.1. The molecule has 50 heavy (non-hydrogen) atoms. The molecule has 0 aliphatic heterocycles. The average molecular weight is 647 g/mol. The summed E-state index contributed by atoms with van der Waals surface area (Å²) in [5.74, 6) is 0. The summed E-state index contributed by atoms with van der Waals surface area (Å²) in [5, 5.41) is 0.0464. The first-order valence-electron chi connectivity index (χ1n) is 20.5. The number of anilines is 3. The van der Waals surface area contributed by atoms with E-state index in [0.717, 1.165) is 44.8 Å². The number of hydrogen-bond donors (Lipinski definition) is 0. The van der Waals surface area contributed by atoms with Gasteiger partial charge in [-0.15, -0.1) is 0 Å². The van der Waals surface area contributed by atoms with Crippen molar-refractivity contribution in [2.45, 2.75) is 0 Å². The van der Waals surface area contributed by atoms with Crippen LogP contribution in [-0.2, 0) is 0 Å². The molecule has 0 saturated carbocycles. The molecule has 2 nitrogen and oxygen atoms in total. The maximum atomic E-state index is 9.29. The lowest BCUT2D eigenvalue weighted by Gasteiger charge is -2.29. The van der Waals surface area contributed by atoms with Gasteiger partial charge in [0.2, 0.25) is 0 Å². The molecule has 0 aliphatic carbocycles. The second-order valence-corrected chi connectivity index (χ2v) is 12.0. The topological polar surface area (TPSA) is 8.17 Å². The third-order valence-electron chi connectivity index (χ3n) is 9.06. The Balaban J connectivity index is 1.40. The van der Waals surface area contributed by atoms with Gasteiger partial charge in [0.05, 0.1) is 33.4 Å². The van der Waals surface area contributed by atoms with Gasteiger partial charge in [0.25, 0.3) is 0 Å². The van der Waals surface area contributed by atoms with Crippen LogP contribution in [0.3, 0.4) is 0 Å². The first-order valence-corrected chi connectivity index (χ1v) is 16.5. The summed E-state index contributed by atoms with van der Waals surface area (Å²) in [6.45, 7) is 0. The van der Waals surface area contributed by atoms with Crippen molar-refractivity contribution in [1.29, 1.82) is 0 Å². The third kappa shape index (κ3) is 5.34. The van der Waals surface area contributed by atoms with E-state index in [1.807, 2.05) is 109 Å². The van der Waals surface area contributed by atoms with Gasteiger partial charge in [0.1, 0.15) is 0 Å². The molecule has 0 atom stereocenters. The van der Waals surface area contributed by atoms with E-state index in [0.29, 0.717) is 11.4 Å². The van der Waals surface area contributed by atoms with E-state index >= 15 is 0 Å². The molecule has 0 saturated heterocycles. The summed E-state index contributed by atoms with van der Waals surface area (Å²) in [5.41, 5.74) is 8.64. The highest BCUT2D eigenvalue weighted by molar-refractivity contribution is 6.10. The van der Waals surface area contributed by atoms with Crippen molar-refractivity contribution in [1.82, 2.24) is 4.57 Å². The maximum absolute atomic E-state index is 9.29. The molecule has 2 heteroatoms. The highest BCUT2D eigenvalue weighted by Crippen LogP contribution is 2.44. The largest absolute Gasteiger partial charge is 0.308 e. The monoisotopic (exact) mass is 646 g/mol. The van der Waals surface area contributed by atoms with Gasteiger partial charge in [-0.2, -0.15) is 0 Å². The summed E-state index contributed by atoms with van der Waals surface area (Å²) in [7, 11) is 0. The normalized spacial score (nSPS) is 13.4. The van der Waals surface area contributed by atoms with Gasteiger partial charge < -0.3 is 9.47 Å².